The molecule has 0 saturated heterocycles. The molecule has 0 saturated carbocycles. The normalized spacial score (nSPS) is 12.0. The van der Waals surface area contributed by atoms with Crippen LogP contribution in [0.5, 0.6) is 0 Å². The minimum absolute atomic E-state index is 0.134. The highest BCUT2D eigenvalue weighted by atomic mass is 16.2. The van der Waals surface area contributed by atoms with E-state index in [1.54, 1.807) is 48.5 Å². The molecule has 0 radical (unpaired) electrons. The summed E-state index contributed by atoms with van der Waals surface area (Å²) in [5.41, 5.74) is 3.88. The molecule has 8 heteroatoms. The van der Waals surface area contributed by atoms with Crippen molar-refractivity contribution in [2.45, 2.75) is 45.2 Å². The first-order valence-corrected chi connectivity index (χ1v) is 14.3. The summed E-state index contributed by atoms with van der Waals surface area (Å²) in [5.74, 6) is -0.990. The highest BCUT2D eigenvalue weighted by molar-refractivity contribution is 5.98. The fraction of sp³-hybridized carbons (Fsp3) is 0.200. The van der Waals surface area contributed by atoms with Gasteiger partial charge in [0.25, 0.3) is 11.8 Å². The minimum Gasteiger partial charge on any atom is -0.346 e. The summed E-state index contributed by atoms with van der Waals surface area (Å²) in [5, 5.41) is 11.5. The molecule has 2 atom stereocenters. The van der Waals surface area contributed by atoms with Gasteiger partial charge in [-0.25, -0.2) is 0 Å². The number of rotatable bonds is 12. The first-order chi connectivity index (χ1) is 20.8. The van der Waals surface area contributed by atoms with Crippen LogP contribution in [0.25, 0.3) is 0 Å². The van der Waals surface area contributed by atoms with Gasteiger partial charge in [-0.3, -0.25) is 19.2 Å². The van der Waals surface area contributed by atoms with Crippen LogP contribution in [0, 0.1) is 0 Å². The Bertz CT molecular complexity index is 1440. The lowest BCUT2D eigenvalue weighted by molar-refractivity contribution is -0.117. The number of carbonyl (C=O) groups is 4. The highest BCUT2D eigenvalue weighted by Crippen LogP contribution is 2.17. The molecular weight excluding hydrogens is 540 g/mol. The number of amides is 4. The second-order valence-electron chi connectivity index (χ2n) is 10.3. The van der Waals surface area contributed by atoms with Crippen molar-refractivity contribution in [3.05, 3.63) is 131 Å². The monoisotopic (exact) mass is 576 g/mol. The van der Waals surface area contributed by atoms with E-state index in [2.05, 4.69) is 21.3 Å². The van der Waals surface area contributed by atoms with Crippen LogP contribution in [-0.2, 0) is 9.59 Å². The Balaban J connectivity index is 1.21. The number of anilines is 2. The van der Waals surface area contributed by atoms with Gasteiger partial charge in [0.1, 0.15) is 0 Å². The zero-order valence-electron chi connectivity index (χ0n) is 24.3. The van der Waals surface area contributed by atoms with E-state index in [0.717, 1.165) is 11.1 Å². The van der Waals surface area contributed by atoms with Gasteiger partial charge in [-0.15, -0.1) is 0 Å². The predicted octanol–water partition coefficient (Wildman–Crippen LogP) is 6.42. The summed E-state index contributed by atoms with van der Waals surface area (Å²) >= 11 is 0. The van der Waals surface area contributed by atoms with E-state index in [4.69, 9.17) is 0 Å². The Labute approximate surface area is 251 Å². The van der Waals surface area contributed by atoms with Crippen molar-refractivity contribution >= 4 is 35.0 Å². The van der Waals surface area contributed by atoms with Gasteiger partial charge in [-0.1, -0.05) is 72.8 Å². The van der Waals surface area contributed by atoms with E-state index < -0.39 is 0 Å². The van der Waals surface area contributed by atoms with Crippen molar-refractivity contribution in [1.82, 2.24) is 10.6 Å². The summed E-state index contributed by atoms with van der Waals surface area (Å²) in [4.78, 5) is 50.5. The third-order valence-electron chi connectivity index (χ3n) is 6.92. The summed E-state index contributed by atoms with van der Waals surface area (Å²) < 4.78 is 0. The van der Waals surface area contributed by atoms with Crippen molar-refractivity contribution < 1.29 is 19.2 Å². The molecule has 0 aromatic heterocycles. The number of hydrogen-bond donors (Lipinski definition) is 4. The van der Waals surface area contributed by atoms with Gasteiger partial charge < -0.3 is 21.3 Å². The smallest absolute Gasteiger partial charge is 0.251 e. The van der Waals surface area contributed by atoms with Crippen molar-refractivity contribution in [1.29, 1.82) is 0 Å². The molecule has 220 valence electrons. The van der Waals surface area contributed by atoms with Crippen LogP contribution >= 0.6 is 0 Å². The zero-order chi connectivity index (χ0) is 30.6. The molecule has 0 fully saturated rings. The van der Waals surface area contributed by atoms with Gasteiger partial charge in [-0.05, 0) is 67.8 Å². The Kier molecular flexibility index (Phi) is 10.8. The van der Waals surface area contributed by atoms with Crippen molar-refractivity contribution in [3.8, 4) is 0 Å². The zero-order valence-corrected chi connectivity index (χ0v) is 24.3. The second-order valence-corrected chi connectivity index (χ2v) is 10.3. The number of carbonyl (C=O) groups excluding carboxylic acids is 4. The lowest BCUT2D eigenvalue weighted by Gasteiger charge is -2.15. The van der Waals surface area contributed by atoms with Crippen LogP contribution in [0.3, 0.4) is 0 Å². The first kappa shape index (κ1) is 30.7. The lowest BCUT2D eigenvalue weighted by atomic mass is 10.1. The Morgan fingerprint density at radius 3 is 1.33 bits per heavy atom. The van der Waals surface area contributed by atoms with Crippen LogP contribution < -0.4 is 21.3 Å². The van der Waals surface area contributed by atoms with Crippen LogP contribution in [0.1, 0.15) is 77.0 Å². The van der Waals surface area contributed by atoms with Crippen molar-refractivity contribution in [2.75, 3.05) is 10.6 Å². The van der Waals surface area contributed by atoms with Crippen LogP contribution in [0.15, 0.2) is 109 Å². The standard InChI is InChI=1S/C35H36N4O4/c1-24(26-12-5-3-6-13-26)36-34(42)28-16-9-18-30(22-28)38-32(40)20-11-21-33(41)39-31-19-10-17-29(23-31)35(43)37-25(2)27-14-7-4-8-15-27/h3-10,12-19,22-25H,11,20-21H2,1-2H3,(H,36,42)(H,37,43)(H,38,40)(H,39,41). The van der Waals surface area contributed by atoms with Gasteiger partial charge in [0.05, 0.1) is 12.1 Å². The molecule has 4 N–H and O–H groups in total. The average Bonchev–Trinajstić information content (AvgIpc) is 3.02. The van der Waals surface area contributed by atoms with E-state index in [9.17, 15) is 19.2 Å². The number of benzene rings is 4. The van der Waals surface area contributed by atoms with E-state index in [-0.39, 0.29) is 48.6 Å². The van der Waals surface area contributed by atoms with E-state index in [1.165, 1.54) is 0 Å². The SMILES string of the molecule is CC(NC(=O)c1cccc(NC(=O)CCCC(=O)Nc2cccc(C(=O)NC(C)c3ccccc3)c2)c1)c1ccccc1. The van der Waals surface area contributed by atoms with Gasteiger partial charge >= 0.3 is 0 Å². The number of nitrogens with one attached hydrogen (secondary N) is 4. The Hall–Kier alpha value is -5.24. The highest BCUT2D eigenvalue weighted by Gasteiger charge is 2.14. The van der Waals surface area contributed by atoms with E-state index >= 15 is 0 Å². The van der Waals surface area contributed by atoms with Gasteiger partial charge in [0.2, 0.25) is 11.8 Å². The third-order valence-corrected chi connectivity index (χ3v) is 6.92. The second kappa shape index (κ2) is 15.1. The molecule has 0 spiro atoms. The van der Waals surface area contributed by atoms with Gasteiger partial charge in [0.15, 0.2) is 0 Å². The number of hydrogen-bond acceptors (Lipinski definition) is 4. The molecule has 4 rings (SSSR count). The molecule has 0 aliphatic heterocycles. The Morgan fingerprint density at radius 2 is 0.930 bits per heavy atom. The predicted molar refractivity (Wildman–Crippen MR) is 169 cm³/mol. The maximum Gasteiger partial charge on any atom is 0.251 e. The maximum atomic E-state index is 12.7. The molecular formula is C35H36N4O4. The van der Waals surface area contributed by atoms with E-state index in [0.29, 0.717) is 28.9 Å². The fourth-order valence-electron chi connectivity index (χ4n) is 4.54. The fourth-order valence-corrected chi connectivity index (χ4v) is 4.54. The molecule has 43 heavy (non-hydrogen) atoms. The third kappa shape index (κ3) is 9.39. The maximum absolute atomic E-state index is 12.7. The summed E-state index contributed by atoms with van der Waals surface area (Å²) in [6.45, 7) is 3.83. The van der Waals surface area contributed by atoms with E-state index in [1.807, 2.05) is 74.5 Å². The van der Waals surface area contributed by atoms with Crippen molar-refractivity contribution in [2.24, 2.45) is 0 Å². The average molecular weight is 577 g/mol. The van der Waals surface area contributed by atoms with Crippen LogP contribution in [0.2, 0.25) is 0 Å². The molecule has 8 nitrogen and oxygen atoms in total. The quantitative estimate of drug-likeness (QED) is 0.156. The van der Waals surface area contributed by atoms with Crippen LogP contribution in [0.4, 0.5) is 11.4 Å². The molecule has 2 unspecified atom stereocenters. The molecule has 0 bridgehead atoms. The molecule has 4 aromatic rings. The largest absolute Gasteiger partial charge is 0.346 e. The summed E-state index contributed by atoms with van der Waals surface area (Å²) in [6, 6.07) is 32.5. The molecule has 4 aromatic carbocycles. The molecule has 4 amide bonds. The lowest BCUT2D eigenvalue weighted by Crippen LogP contribution is -2.26. The van der Waals surface area contributed by atoms with Gasteiger partial charge in [0, 0.05) is 35.3 Å². The first-order valence-electron chi connectivity index (χ1n) is 14.3. The molecule has 0 heterocycles. The molecule has 0 aliphatic rings. The topological polar surface area (TPSA) is 116 Å². The Morgan fingerprint density at radius 1 is 0.535 bits per heavy atom. The minimum atomic E-state index is -0.255. The summed E-state index contributed by atoms with van der Waals surface area (Å²) in [7, 11) is 0. The summed E-state index contributed by atoms with van der Waals surface area (Å²) in [6.07, 6.45) is 0.602. The molecule has 0 aliphatic carbocycles. The van der Waals surface area contributed by atoms with Crippen molar-refractivity contribution in [3.63, 3.8) is 0 Å². The van der Waals surface area contributed by atoms with Gasteiger partial charge in [-0.2, -0.15) is 0 Å². The van der Waals surface area contributed by atoms with Crippen LogP contribution in [-0.4, -0.2) is 23.6 Å².